The van der Waals surface area contributed by atoms with E-state index in [2.05, 4.69) is 10.4 Å². The summed E-state index contributed by atoms with van der Waals surface area (Å²) in [6.45, 7) is 1.98. The van der Waals surface area contributed by atoms with E-state index in [1.807, 2.05) is 32.5 Å². The summed E-state index contributed by atoms with van der Waals surface area (Å²) in [7, 11) is 3.78. The Labute approximate surface area is 121 Å². The maximum absolute atomic E-state index is 6.26. The second-order valence-electron chi connectivity index (χ2n) is 4.16. The van der Waals surface area contributed by atoms with E-state index in [-0.39, 0.29) is 6.04 Å². The minimum atomic E-state index is 0.165. The van der Waals surface area contributed by atoms with E-state index in [0.29, 0.717) is 5.15 Å². The lowest BCUT2D eigenvalue weighted by Crippen LogP contribution is -2.18. The molecule has 0 aliphatic rings. The summed E-state index contributed by atoms with van der Waals surface area (Å²) in [6, 6.07) is 2.08. The fourth-order valence-electron chi connectivity index (χ4n) is 1.99. The zero-order valence-electron chi connectivity index (χ0n) is 10.5. The van der Waals surface area contributed by atoms with Gasteiger partial charge < -0.3 is 5.32 Å². The lowest BCUT2D eigenvalue weighted by atomic mass is 10.1. The first kappa shape index (κ1) is 13.9. The molecular formula is C12H15Cl2N3S. The van der Waals surface area contributed by atoms with Crippen LogP contribution in [0.2, 0.25) is 10.2 Å². The van der Waals surface area contributed by atoms with Crippen molar-refractivity contribution < 1.29 is 0 Å². The fourth-order valence-corrected chi connectivity index (χ4v) is 3.54. The highest BCUT2D eigenvalue weighted by Crippen LogP contribution is 2.32. The highest BCUT2D eigenvalue weighted by Gasteiger charge is 2.20. The van der Waals surface area contributed by atoms with E-state index in [0.717, 1.165) is 27.6 Å². The van der Waals surface area contributed by atoms with Gasteiger partial charge in [-0.3, -0.25) is 4.68 Å². The van der Waals surface area contributed by atoms with Crippen LogP contribution in [0, 0.1) is 6.92 Å². The molecule has 3 nitrogen and oxygen atoms in total. The predicted octanol–water partition coefficient (Wildman–Crippen LogP) is 3.60. The lowest BCUT2D eigenvalue weighted by molar-refractivity contribution is 0.600. The van der Waals surface area contributed by atoms with Crippen molar-refractivity contribution in [3.63, 3.8) is 0 Å². The molecular weight excluding hydrogens is 289 g/mol. The molecule has 0 aliphatic carbocycles. The van der Waals surface area contributed by atoms with E-state index in [4.69, 9.17) is 23.2 Å². The third-order valence-corrected chi connectivity index (χ3v) is 4.93. The standard InChI is InChI=1S/C12H15Cl2N3S/c1-7-8(12(14)17(3)16-7)6-10(15-2)11-9(13)4-5-18-11/h4-5,10,15H,6H2,1-3H3. The lowest BCUT2D eigenvalue weighted by Gasteiger charge is -2.15. The average Bonchev–Trinajstić information content (AvgIpc) is 2.84. The van der Waals surface area contributed by atoms with Crippen molar-refractivity contribution in [1.82, 2.24) is 15.1 Å². The highest BCUT2D eigenvalue weighted by molar-refractivity contribution is 7.10. The summed E-state index contributed by atoms with van der Waals surface area (Å²) >= 11 is 14.1. The second kappa shape index (κ2) is 5.61. The van der Waals surface area contributed by atoms with Gasteiger partial charge in [0.15, 0.2) is 0 Å². The molecule has 0 aliphatic heterocycles. The number of hydrogen-bond acceptors (Lipinski definition) is 3. The van der Waals surface area contributed by atoms with Crippen LogP contribution in [0.15, 0.2) is 11.4 Å². The van der Waals surface area contributed by atoms with Gasteiger partial charge in [0.1, 0.15) is 5.15 Å². The third-order valence-electron chi connectivity index (χ3n) is 2.99. The van der Waals surface area contributed by atoms with Gasteiger partial charge in [0.2, 0.25) is 0 Å². The molecule has 6 heteroatoms. The Balaban J connectivity index is 2.29. The van der Waals surface area contributed by atoms with Crippen LogP contribution in [0.3, 0.4) is 0 Å². The normalized spacial score (nSPS) is 12.9. The number of aryl methyl sites for hydroxylation is 2. The van der Waals surface area contributed by atoms with Crippen LogP contribution < -0.4 is 5.32 Å². The van der Waals surface area contributed by atoms with Crippen molar-refractivity contribution in [2.24, 2.45) is 7.05 Å². The first-order chi connectivity index (χ1) is 8.54. The molecule has 18 heavy (non-hydrogen) atoms. The summed E-state index contributed by atoms with van der Waals surface area (Å²) in [6.07, 6.45) is 0.787. The fraction of sp³-hybridized carbons (Fsp3) is 0.417. The van der Waals surface area contributed by atoms with Crippen LogP contribution in [-0.2, 0) is 13.5 Å². The van der Waals surface area contributed by atoms with E-state index < -0.39 is 0 Å². The second-order valence-corrected chi connectivity index (χ2v) is 5.87. The van der Waals surface area contributed by atoms with Crippen molar-refractivity contribution in [3.05, 3.63) is 37.8 Å². The van der Waals surface area contributed by atoms with Gasteiger partial charge in [-0.1, -0.05) is 23.2 Å². The molecule has 0 amide bonds. The molecule has 1 atom stereocenters. The topological polar surface area (TPSA) is 29.9 Å². The third kappa shape index (κ3) is 2.57. The number of nitrogens with zero attached hydrogens (tertiary/aromatic N) is 2. The number of rotatable bonds is 4. The first-order valence-electron chi connectivity index (χ1n) is 5.62. The van der Waals surface area contributed by atoms with Gasteiger partial charge in [0, 0.05) is 23.5 Å². The molecule has 0 saturated heterocycles. The van der Waals surface area contributed by atoms with Gasteiger partial charge in [0.25, 0.3) is 0 Å². The average molecular weight is 304 g/mol. The van der Waals surface area contributed by atoms with Crippen LogP contribution in [-0.4, -0.2) is 16.8 Å². The first-order valence-corrected chi connectivity index (χ1v) is 7.26. The Morgan fingerprint density at radius 3 is 2.67 bits per heavy atom. The number of halogens is 2. The van der Waals surface area contributed by atoms with Crippen LogP contribution in [0.1, 0.15) is 22.2 Å². The Morgan fingerprint density at radius 1 is 1.50 bits per heavy atom. The SMILES string of the molecule is CNC(Cc1c(C)nn(C)c1Cl)c1sccc1Cl. The Bertz CT molecular complexity index is 548. The minimum absolute atomic E-state index is 0.165. The van der Waals surface area contributed by atoms with Crippen LogP contribution >= 0.6 is 34.5 Å². The summed E-state index contributed by atoms with van der Waals surface area (Å²) in [5.41, 5.74) is 2.04. The van der Waals surface area contributed by atoms with Gasteiger partial charge in [0.05, 0.1) is 10.7 Å². The number of hydrogen-bond donors (Lipinski definition) is 1. The molecule has 1 unspecified atom stereocenters. The maximum Gasteiger partial charge on any atom is 0.130 e. The van der Waals surface area contributed by atoms with E-state index >= 15 is 0 Å². The molecule has 0 saturated carbocycles. The number of thiophene rings is 1. The van der Waals surface area contributed by atoms with Crippen molar-refractivity contribution in [2.45, 2.75) is 19.4 Å². The largest absolute Gasteiger partial charge is 0.312 e. The van der Waals surface area contributed by atoms with Crippen molar-refractivity contribution in [2.75, 3.05) is 7.05 Å². The molecule has 2 aromatic rings. The maximum atomic E-state index is 6.26. The van der Waals surface area contributed by atoms with E-state index in [1.165, 1.54) is 0 Å². The molecule has 98 valence electrons. The zero-order chi connectivity index (χ0) is 13.3. The number of aromatic nitrogens is 2. The number of nitrogens with one attached hydrogen (secondary N) is 1. The van der Waals surface area contributed by atoms with E-state index in [1.54, 1.807) is 16.0 Å². The van der Waals surface area contributed by atoms with Gasteiger partial charge in [-0.2, -0.15) is 5.10 Å². The molecule has 0 bridgehead atoms. The minimum Gasteiger partial charge on any atom is -0.312 e. The van der Waals surface area contributed by atoms with Gasteiger partial charge in [-0.15, -0.1) is 11.3 Å². The van der Waals surface area contributed by atoms with Gasteiger partial charge in [-0.25, -0.2) is 0 Å². The molecule has 0 aromatic carbocycles. The zero-order valence-corrected chi connectivity index (χ0v) is 12.8. The highest BCUT2D eigenvalue weighted by atomic mass is 35.5. The Morgan fingerprint density at radius 2 is 2.22 bits per heavy atom. The summed E-state index contributed by atoms with van der Waals surface area (Å²) in [4.78, 5) is 1.14. The van der Waals surface area contributed by atoms with Crippen LogP contribution in [0.5, 0.6) is 0 Å². The molecule has 0 radical (unpaired) electrons. The Hall–Kier alpha value is -0.550. The van der Waals surface area contributed by atoms with E-state index in [9.17, 15) is 0 Å². The Kier molecular flexibility index (Phi) is 4.33. The molecule has 1 N–H and O–H groups in total. The molecule has 0 spiro atoms. The molecule has 2 aromatic heterocycles. The van der Waals surface area contributed by atoms with Gasteiger partial charge in [-0.05, 0) is 31.8 Å². The molecule has 2 heterocycles. The van der Waals surface area contributed by atoms with Crippen LogP contribution in [0.4, 0.5) is 0 Å². The summed E-state index contributed by atoms with van der Waals surface area (Å²) in [5.74, 6) is 0. The van der Waals surface area contributed by atoms with Crippen molar-refractivity contribution in [1.29, 1.82) is 0 Å². The molecule has 2 rings (SSSR count). The number of likely N-dealkylation sites (N-methyl/N-ethyl adjacent to an activating group) is 1. The smallest absolute Gasteiger partial charge is 0.130 e. The molecule has 0 fully saturated rings. The quantitative estimate of drug-likeness (QED) is 0.935. The summed E-state index contributed by atoms with van der Waals surface area (Å²) in [5, 5.41) is 11.1. The summed E-state index contributed by atoms with van der Waals surface area (Å²) < 4.78 is 1.70. The predicted molar refractivity (Wildman–Crippen MR) is 77.8 cm³/mol. The van der Waals surface area contributed by atoms with Crippen molar-refractivity contribution in [3.8, 4) is 0 Å². The van der Waals surface area contributed by atoms with Gasteiger partial charge >= 0.3 is 0 Å². The van der Waals surface area contributed by atoms with Crippen LogP contribution in [0.25, 0.3) is 0 Å². The monoisotopic (exact) mass is 303 g/mol. The van der Waals surface area contributed by atoms with Crippen molar-refractivity contribution >= 4 is 34.5 Å².